The number of nitrogens with one attached hydrogen (secondary N) is 2. The molecule has 0 spiro atoms. The summed E-state index contributed by atoms with van der Waals surface area (Å²) in [5.41, 5.74) is 1.21. The summed E-state index contributed by atoms with van der Waals surface area (Å²) in [6, 6.07) is 15.9. The van der Waals surface area contributed by atoms with Gasteiger partial charge in [0, 0.05) is 43.5 Å². The molecule has 3 aromatic carbocycles. The van der Waals surface area contributed by atoms with E-state index in [9.17, 15) is 27.9 Å². The lowest BCUT2D eigenvalue weighted by atomic mass is 10.0. The lowest BCUT2D eigenvalue weighted by Gasteiger charge is -2.36. The number of urea groups is 1. The third-order valence-electron chi connectivity index (χ3n) is 8.88. The van der Waals surface area contributed by atoms with E-state index in [2.05, 4.69) is 10.6 Å². The van der Waals surface area contributed by atoms with Gasteiger partial charge >= 0.3 is 12.2 Å². The first kappa shape index (κ1) is 39.5. The molecule has 51 heavy (non-hydrogen) atoms. The summed E-state index contributed by atoms with van der Waals surface area (Å²) in [7, 11) is 3.44. The van der Waals surface area contributed by atoms with Gasteiger partial charge in [0.25, 0.3) is 5.91 Å². The first-order valence-corrected chi connectivity index (χ1v) is 17.2. The molecule has 10 nitrogen and oxygen atoms in total. The Morgan fingerprint density at radius 2 is 1.71 bits per heavy atom. The zero-order valence-corrected chi connectivity index (χ0v) is 29.8. The molecule has 0 radical (unpaired) electrons. The maximum atomic E-state index is 14.4. The van der Waals surface area contributed by atoms with E-state index in [1.165, 1.54) is 12.1 Å². The Balaban J connectivity index is 1.55. The van der Waals surface area contributed by atoms with Gasteiger partial charge in [-0.1, -0.05) is 19.1 Å². The molecule has 13 heteroatoms. The Morgan fingerprint density at radius 1 is 1.04 bits per heavy atom. The van der Waals surface area contributed by atoms with Gasteiger partial charge in [-0.3, -0.25) is 9.69 Å². The van der Waals surface area contributed by atoms with Gasteiger partial charge in [0.2, 0.25) is 0 Å². The summed E-state index contributed by atoms with van der Waals surface area (Å²) in [4.78, 5) is 30.9. The number of aliphatic hydroxyl groups excluding tert-OH is 1. The maximum absolute atomic E-state index is 14.4. The number of anilines is 2. The van der Waals surface area contributed by atoms with E-state index in [0.29, 0.717) is 49.0 Å². The zero-order valence-electron chi connectivity index (χ0n) is 29.8. The summed E-state index contributed by atoms with van der Waals surface area (Å²) < 4.78 is 57.1. The van der Waals surface area contributed by atoms with Gasteiger partial charge in [-0.05, 0) is 100 Å². The van der Waals surface area contributed by atoms with E-state index in [-0.39, 0.29) is 42.7 Å². The van der Waals surface area contributed by atoms with E-state index in [0.717, 1.165) is 30.5 Å². The molecule has 3 amide bonds. The summed E-state index contributed by atoms with van der Waals surface area (Å²) >= 11 is 0. The van der Waals surface area contributed by atoms with Crippen LogP contribution >= 0.6 is 0 Å². The van der Waals surface area contributed by atoms with Crippen LogP contribution in [0, 0.1) is 5.92 Å². The number of carbonyl (C=O) groups is 2. The molecule has 0 saturated carbocycles. The highest BCUT2D eigenvalue weighted by Gasteiger charge is 2.32. The van der Waals surface area contributed by atoms with Crippen molar-refractivity contribution in [3.63, 3.8) is 0 Å². The van der Waals surface area contributed by atoms with Crippen LogP contribution in [0.25, 0.3) is 0 Å². The summed E-state index contributed by atoms with van der Waals surface area (Å²) in [5, 5.41) is 15.8. The first-order valence-electron chi connectivity index (χ1n) is 17.2. The van der Waals surface area contributed by atoms with Crippen LogP contribution in [0.2, 0.25) is 0 Å². The van der Waals surface area contributed by atoms with Crippen LogP contribution in [-0.2, 0) is 17.5 Å². The number of aliphatic hydroxyl groups is 1. The molecule has 1 heterocycles. The SMILES string of the molecule is COc1ccc(NC(=O)Nc2ccc3c(c2)C(=O)N([C@H](C)CO)C[C@H](C)[C@H](CN(C)Cc2ccc(C(F)(F)F)cc2)OCCCC[C@H](C)O3)cc1. The fraction of sp³-hybridized carbons (Fsp3) is 0.474. The second-order valence-corrected chi connectivity index (χ2v) is 13.2. The zero-order chi connectivity index (χ0) is 37.1. The Bertz CT molecular complexity index is 1570. The minimum atomic E-state index is -4.40. The van der Waals surface area contributed by atoms with Gasteiger partial charge in [0.15, 0.2) is 0 Å². The number of benzene rings is 3. The number of alkyl halides is 3. The lowest BCUT2D eigenvalue weighted by Crippen LogP contribution is -2.47. The van der Waals surface area contributed by atoms with Crippen LogP contribution in [0.5, 0.6) is 11.5 Å². The van der Waals surface area contributed by atoms with Crippen LogP contribution in [0.15, 0.2) is 66.7 Å². The average molecular weight is 715 g/mol. The van der Waals surface area contributed by atoms with Crippen molar-refractivity contribution >= 4 is 23.3 Å². The fourth-order valence-corrected chi connectivity index (χ4v) is 5.91. The van der Waals surface area contributed by atoms with E-state index in [1.807, 2.05) is 25.8 Å². The molecule has 278 valence electrons. The van der Waals surface area contributed by atoms with Crippen LogP contribution in [-0.4, -0.2) is 85.6 Å². The number of halogens is 3. The molecule has 3 N–H and O–H groups in total. The third kappa shape index (κ3) is 11.6. The number of carbonyl (C=O) groups excluding carboxylic acids is 2. The quantitative estimate of drug-likeness (QED) is 0.214. The molecule has 4 atom stereocenters. The smallest absolute Gasteiger partial charge is 0.416 e. The topological polar surface area (TPSA) is 113 Å². The maximum Gasteiger partial charge on any atom is 0.416 e. The Kier molecular flexibility index (Phi) is 14.1. The van der Waals surface area contributed by atoms with E-state index in [4.69, 9.17) is 14.2 Å². The van der Waals surface area contributed by atoms with Crippen molar-refractivity contribution in [2.45, 2.75) is 71.0 Å². The minimum absolute atomic E-state index is 0.194. The van der Waals surface area contributed by atoms with Crippen LogP contribution < -0.4 is 20.1 Å². The van der Waals surface area contributed by atoms with Crippen molar-refractivity contribution in [2.24, 2.45) is 5.92 Å². The van der Waals surface area contributed by atoms with Crippen molar-refractivity contribution in [3.05, 3.63) is 83.4 Å². The summed E-state index contributed by atoms with van der Waals surface area (Å²) in [6.07, 6.45) is -2.61. The van der Waals surface area contributed by atoms with Crippen LogP contribution in [0.1, 0.15) is 61.5 Å². The fourth-order valence-electron chi connectivity index (χ4n) is 5.91. The summed E-state index contributed by atoms with van der Waals surface area (Å²) in [6.45, 7) is 6.99. The Morgan fingerprint density at radius 3 is 2.35 bits per heavy atom. The number of hydrogen-bond donors (Lipinski definition) is 3. The number of hydrogen-bond acceptors (Lipinski definition) is 7. The van der Waals surface area contributed by atoms with Crippen LogP contribution in [0.3, 0.4) is 0 Å². The molecule has 0 aliphatic carbocycles. The largest absolute Gasteiger partial charge is 0.497 e. The highest BCUT2D eigenvalue weighted by Crippen LogP contribution is 2.30. The van der Waals surface area contributed by atoms with E-state index < -0.39 is 23.8 Å². The predicted octanol–water partition coefficient (Wildman–Crippen LogP) is 7.29. The van der Waals surface area contributed by atoms with Gasteiger partial charge in [-0.2, -0.15) is 13.2 Å². The van der Waals surface area contributed by atoms with Crippen molar-refractivity contribution in [3.8, 4) is 11.5 Å². The molecule has 3 aromatic rings. The molecule has 4 rings (SSSR count). The monoisotopic (exact) mass is 714 g/mol. The summed E-state index contributed by atoms with van der Waals surface area (Å²) in [5.74, 6) is 0.455. The molecule has 0 unspecified atom stereocenters. The molecular weight excluding hydrogens is 665 g/mol. The Labute approximate surface area is 297 Å². The molecular formula is C38H49F3N4O6. The van der Waals surface area contributed by atoms with Crippen molar-refractivity contribution in [1.29, 1.82) is 0 Å². The third-order valence-corrected chi connectivity index (χ3v) is 8.88. The molecule has 0 bridgehead atoms. The van der Waals surface area contributed by atoms with Crippen LogP contribution in [0.4, 0.5) is 29.3 Å². The standard InChI is InChI=1S/C38H49F3N4O6/c1-25-21-45(26(2)24-46)36(47)33-20-31(43-37(48)42-30-13-16-32(49-5)17-14-30)15-18-34(33)51-27(3)8-6-7-19-50-35(25)23-44(4)22-28-9-11-29(12-10-28)38(39,40)41/h9-18,20,25-27,35,46H,6-8,19,21-24H2,1-5H3,(H2,42,43,48)/t25-,26+,27-,35-/m0/s1. The molecule has 0 fully saturated rings. The van der Waals surface area contributed by atoms with E-state index in [1.54, 1.807) is 61.4 Å². The first-order chi connectivity index (χ1) is 24.3. The number of nitrogens with zero attached hydrogens (tertiary/aromatic N) is 2. The lowest BCUT2D eigenvalue weighted by molar-refractivity contribution is -0.137. The normalized spacial score (nSPS) is 19.8. The van der Waals surface area contributed by atoms with Crippen molar-refractivity contribution in [1.82, 2.24) is 9.80 Å². The van der Waals surface area contributed by atoms with Gasteiger partial charge in [0.1, 0.15) is 11.5 Å². The predicted molar refractivity (Wildman–Crippen MR) is 190 cm³/mol. The number of ether oxygens (including phenoxy) is 3. The highest BCUT2D eigenvalue weighted by atomic mass is 19.4. The number of amides is 3. The minimum Gasteiger partial charge on any atom is -0.497 e. The highest BCUT2D eigenvalue weighted by molar-refractivity contribution is 6.02. The van der Waals surface area contributed by atoms with Crippen molar-refractivity contribution in [2.75, 3.05) is 51.1 Å². The van der Waals surface area contributed by atoms with E-state index >= 15 is 0 Å². The number of likely N-dealkylation sites (N-methyl/N-ethyl adjacent to an activating group) is 1. The van der Waals surface area contributed by atoms with Gasteiger partial charge in [-0.15, -0.1) is 0 Å². The molecule has 1 aliphatic heterocycles. The number of methoxy groups -OCH3 is 1. The van der Waals surface area contributed by atoms with Gasteiger partial charge in [-0.25, -0.2) is 4.79 Å². The average Bonchev–Trinajstić information content (AvgIpc) is 3.09. The van der Waals surface area contributed by atoms with Crippen molar-refractivity contribution < 1.29 is 42.1 Å². The number of rotatable bonds is 9. The second kappa shape index (κ2) is 18.2. The van der Waals surface area contributed by atoms with Gasteiger partial charge in [0.05, 0.1) is 43.1 Å². The van der Waals surface area contributed by atoms with Gasteiger partial charge < -0.3 is 34.9 Å². The second-order valence-electron chi connectivity index (χ2n) is 13.2. The molecule has 0 saturated heterocycles. The number of fused-ring (bicyclic) bond motifs is 1. The molecule has 1 aliphatic rings. The Hall–Kier alpha value is -4.33. The molecule has 0 aromatic heterocycles.